The zero-order valence-electron chi connectivity index (χ0n) is 7.71. The molecule has 0 aromatic rings. The minimum atomic E-state index is 0.917. The lowest BCUT2D eigenvalue weighted by molar-refractivity contribution is 0.714. The van der Waals surface area contributed by atoms with Crippen molar-refractivity contribution in [2.45, 2.75) is 13.3 Å². The molecule has 0 radical (unpaired) electrons. The number of rotatable bonds is 4. The van der Waals surface area contributed by atoms with E-state index in [1.165, 1.54) is 0 Å². The predicted octanol–water partition coefficient (Wildman–Crippen LogP) is 2.17. The van der Waals surface area contributed by atoms with E-state index >= 15 is 0 Å². The SMILES string of the molecule is C=C/C=C(/S)SC.CCCNN. The molecule has 0 atom stereocenters. The topological polar surface area (TPSA) is 38.0 Å². The Balaban J connectivity index is 0. The van der Waals surface area contributed by atoms with Crippen LogP contribution >= 0.6 is 24.4 Å². The van der Waals surface area contributed by atoms with Crippen molar-refractivity contribution >= 4 is 24.4 Å². The number of thiol groups is 1. The first kappa shape index (κ1) is 14.6. The Kier molecular flexibility index (Phi) is 16.7. The van der Waals surface area contributed by atoms with E-state index in [9.17, 15) is 0 Å². The summed E-state index contributed by atoms with van der Waals surface area (Å²) in [6.45, 7) is 6.50. The van der Waals surface area contributed by atoms with Gasteiger partial charge in [-0.2, -0.15) is 0 Å². The molecular weight excluding hydrogens is 188 g/mol. The maximum Gasteiger partial charge on any atom is 0.0367 e. The first-order chi connectivity index (χ1) is 5.72. The molecule has 0 aliphatic rings. The molecule has 0 aliphatic heterocycles. The van der Waals surface area contributed by atoms with E-state index in [0.717, 1.165) is 17.2 Å². The van der Waals surface area contributed by atoms with Crippen LogP contribution in [0.15, 0.2) is 23.0 Å². The largest absolute Gasteiger partial charge is 0.271 e. The first-order valence-corrected chi connectivity index (χ1v) is 5.39. The minimum absolute atomic E-state index is 0.917. The molecule has 12 heavy (non-hydrogen) atoms. The second kappa shape index (κ2) is 13.7. The van der Waals surface area contributed by atoms with Gasteiger partial charge in [-0.15, -0.1) is 24.4 Å². The van der Waals surface area contributed by atoms with Crippen molar-refractivity contribution in [1.82, 2.24) is 5.43 Å². The number of allylic oxidation sites excluding steroid dienone is 2. The fraction of sp³-hybridized carbons (Fsp3) is 0.500. The van der Waals surface area contributed by atoms with Gasteiger partial charge in [-0.1, -0.05) is 19.6 Å². The zero-order valence-corrected chi connectivity index (χ0v) is 9.42. The van der Waals surface area contributed by atoms with Crippen LogP contribution in [-0.4, -0.2) is 12.8 Å². The number of hydrogen-bond donors (Lipinski definition) is 3. The standard InChI is InChI=1S/C5H8S2.C3H10N2/c1-3-4-5(6)7-2;1-2-3-5-4/h3-4,6H,1H2,2H3;5H,2-4H2,1H3/b5-4-;. The third-order valence-electron chi connectivity index (χ3n) is 0.864. The van der Waals surface area contributed by atoms with Gasteiger partial charge in [-0.05, 0) is 18.8 Å². The summed E-state index contributed by atoms with van der Waals surface area (Å²) in [6.07, 6.45) is 6.66. The van der Waals surface area contributed by atoms with Crippen molar-refractivity contribution in [1.29, 1.82) is 0 Å². The van der Waals surface area contributed by atoms with Crippen molar-refractivity contribution in [2.75, 3.05) is 12.8 Å². The average molecular weight is 206 g/mol. The van der Waals surface area contributed by atoms with Gasteiger partial charge in [0, 0.05) is 10.8 Å². The van der Waals surface area contributed by atoms with Crippen LogP contribution in [0.2, 0.25) is 0 Å². The number of hydrazine groups is 1. The highest BCUT2D eigenvalue weighted by Crippen LogP contribution is 2.14. The van der Waals surface area contributed by atoms with E-state index in [1.807, 2.05) is 12.3 Å². The Hall–Kier alpha value is 0.1000. The van der Waals surface area contributed by atoms with Crippen LogP contribution in [0.4, 0.5) is 0 Å². The van der Waals surface area contributed by atoms with E-state index in [2.05, 4.69) is 31.6 Å². The van der Waals surface area contributed by atoms with Crippen LogP contribution in [0, 0.1) is 0 Å². The maximum absolute atomic E-state index is 4.89. The summed E-state index contributed by atoms with van der Waals surface area (Å²) >= 11 is 5.67. The molecule has 0 heterocycles. The lowest BCUT2D eigenvalue weighted by Crippen LogP contribution is -2.21. The van der Waals surface area contributed by atoms with Crippen LogP contribution in [0.5, 0.6) is 0 Å². The Morgan fingerprint density at radius 2 is 2.33 bits per heavy atom. The van der Waals surface area contributed by atoms with Gasteiger partial charge in [-0.3, -0.25) is 11.3 Å². The molecule has 3 N–H and O–H groups in total. The highest BCUT2D eigenvalue weighted by atomic mass is 32.2. The number of hydrogen-bond acceptors (Lipinski definition) is 4. The Bertz CT molecular complexity index is 122. The van der Waals surface area contributed by atoms with Gasteiger partial charge in [0.2, 0.25) is 0 Å². The van der Waals surface area contributed by atoms with E-state index < -0.39 is 0 Å². The Morgan fingerprint density at radius 1 is 1.75 bits per heavy atom. The minimum Gasteiger partial charge on any atom is -0.271 e. The predicted molar refractivity (Wildman–Crippen MR) is 63.3 cm³/mol. The maximum atomic E-state index is 4.89. The summed E-state index contributed by atoms with van der Waals surface area (Å²) in [5.74, 6) is 4.89. The first-order valence-electron chi connectivity index (χ1n) is 3.72. The van der Waals surface area contributed by atoms with Crippen molar-refractivity contribution < 1.29 is 0 Å². The molecule has 4 heteroatoms. The van der Waals surface area contributed by atoms with Gasteiger partial charge < -0.3 is 0 Å². The number of nitrogens with one attached hydrogen (secondary N) is 1. The lowest BCUT2D eigenvalue weighted by Gasteiger charge is -1.85. The molecule has 0 amide bonds. The number of nitrogens with two attached hydrogens (primary N) is 1. The summed E-state index contributed by atoms with van der Waals surface area (Å²) in [6, 6.07) is 0. The second-order valence-electron chi connectivity index (χ2n) is 1.90. The van der Waals surface area contributed by atoms with Gasteiger partial charge >= 0.3 is 0 Å². The Morgan fingerprint density at radius 3 is 2.42 bits per heavy atom. The van der Waals surface area contributed by atoms with Crippen LogP contribution in [-0.2, 0) is 0 Å². The van der Waals surface area contributed by atoms with Gasteiger partial charge in [0.05, 0.1) is 0 Å². The summed E-state index contributed by atoms with van der Waals surface area (Å²) < 4.78 is 0.995. The molecule has 0 bridgehead atoms. The molecule has 0 unspecified atom stereocenters. The third kappa shape index (κ3) is 16.6. The molecule has 0 aliphatic carbocycles. The molecule has 0 saturated heterocycles. The lowest BCUT2D eigenvalue weighted by atomic mass is 10.5. The van der Waals surface area contributed by atoms with Crippen molar-refractivity contribution in [3.8, 4) is 0 Å². The van der Waals surface area contributed by atoms with Crippen molar-refractivity contribution in [3.63, 3.8) is 0 Å². The molecule has 0 fully saturated rings. The summed E-state index contributed by atoms with van der Waals surface area (Å²) in [5.41, 5.74) is 2.52. The Labute approximate surface area is 85.1 Å². The van der Waals surface area contributed by atoms with Gasteiger partial charge in [-0.25, -0.2) is 0 Å². The van der Waals surface area contributed by atoms with Crippen molar-refractivity contribution in [2.24, 2.45) is 5.84 Å². The second-order valence-corrected chi connectivity index (χ2v) is 3.53. The van der Waals surface area contributed by atoms with Gasteiger partial charge in [0.25, 0.3) is 0 Å². The van der Waals surface area contributed by atoms with Crippen LogP contribution in [0.3, 0.4) is 0 Å². The van der Waals surface area contributed by atoms with Gasteiger partial charge in [0.1, 0.15) is 0 Å². The summed E-state index contributed by atoms with van der Waals surface area (Å²) in [4.78, 5) is 0. The quantitative estimate of drug-likeness (QED) is 0.286. The molecular formula is C8H18N2S2. The molecule has 0 aromatic heterocycles. The fourth-order valence-corrected chi connectivity index (χ4v) is 0.651. The summed E-state index contributed by atoms with van der Waals surface area (Å²) in [7, 11) is 0. The highest BCUT2D eigenvalue weighted by Gasteiger charge is 1.76. The van der Waals surface area contributed by atoms with E-state index in [4.69, 9.17) is 5.84 Å². The highest BCUT2D eigenvalue weighted by molar-refractivity contribution is 8.15. The normalized spacial score (nSPS) is 10.2. The number of thioether (sulfide) groups is 1. The van der Waals surface area contributed by atoms with E-state index in [0.29, 0.717) is 0 Å². The monoisotopic (exact) mass is 206 g/mol. The third-order valence-corrected chi connectivity index (χ3v) is 2.12. The van der Waals surface area contributed by atoms with Crippen LogP contribution in [0.25, 0.3) is 0 Å². The van der Waals surface area contributed by atoms with Crippen LogP contribution in [0.1, 0.15) is 13.3 Å². The average Bonchev–Trinajstić information content (AvgIpc) is 2.07. The van der Waals surface area contributed by atoms with Gasteiger partial charge in [0.15, 0.2) is 0 Å². The van der Waals surface area contributed by atoms with E-state index in [-0.39, 0.29) is 0 Å². The smallest absolute Gasteiger partial charge is 0.0367 e. The van der Waals surface area contributed by atoms with Crippen molar-refractivity contribution in [3.05, 3.63) is 23.0 Å². The zero-order chi connectivity index (χ0) is 9.82. The molecule has 0 spiro atoms. The molecule has 0 saturated carbocycles. The van der Waals surface area contributed by atoms with E-state index in [1.54, 1.807) is 17.8 Å². The molecule has 0 aromatic carbocycles. The molecule has 72 valence electrons. The molecule has 0 rings (SSSR count). The van der Waals surface area contributed by atoms with Crippen LogP contribution < -0.4 is 11.3 Å². The summed E-state index contributed by atoms with van der Waals surface area (Å²) in [5, 5.41) is 0. The fourth-order valence-electron chi connectivity index (χ4n) is 0.313. The molecule has 2 nitrogen and oxygen atoms in total.